The first kappa shape index (κ1) is 13.5. The summed E-state index contributed by atoms with van der Waals surface area (Å²) >= 11 is 0. The molecule has 0 unspecified atom stereocenters. The average Bonchev–Trinajstić information content (AvgIpc) is 3.03. The second-order valence-electron chi connectivity index (χ2n) is 4.99. The molecular formula is C17H18N4. The summed E-state index contributed by atoms with van der Waals surface area (Å²) in [6.45, 7) is 2.88. The van der Waals surface area contributed by atoms with Crippen LogP contribution in [0.2, 0.25) is 0 Å². The van der Waals surface area contributed by atoms with Crippen molar-refractivity contribution in [1.29, 1.82) is 0 Å². The van der Waals surface area contributed by atoms with Crippen LogP contribution in [-0.2, 0) is 6.54 Å². The van der Waals surface area contributed by atoms with Gasteiger partial charge in [-0.2, -0.15) is 5.10 Å². The van der Waals surface area contributed by atoms with Gasteiger partial charge in [0, 0.05) is 30.5 Å². The number of pyridine rings is 1. The Morgan fingerprint density at radius 1 is 1.10 bits per heavy atom. The van der Waals surface area contributed by atoms with Crippen molar-refractivity contribution in [3.63, 3.8) is 0 Å². The van der Waals surface area contributed by atoms with E-state index in [9.17, 15) is 0 Å². The van der Waals surface area contributed by atoms with Gasteiger partial charge in [-0.1, -0.05) is 24.3 Å². The summed E-state index contributed by atoms with van der Waals surface area (Å²) in [5, 5.41) is 7.86. The van der Waals surface area contributed by atoms with Crippen molar-refractivity contribution in [3.8, 4) is 5.69 Å². The van der Waals surface area contributed by atoms with Crippen LogP contribution in [0.25, 0.3) is 5.69 Å². The highest BCUT2D eigenvalue weighted by molar-refractivity contribution is 5.30. The highest BCUT2D eigenvalue weighted by Crippen LogP contribution is 2.11. The second kappa shape index (κ2) is 6.33. The van der Waals surface area contributed by atoms with E-state index in [2.05, 4.69) is 22.3 Å². The van der Waals surface area contributed by atoms with E-state index >= 15 is 0 Å². The molecule has 1 aromatic carbocycles. The van der Waals surface area contributed by atoms with Crippen molar-refractivity contribution in [2.75, 3.05) is 0 Å². The van der Waals surface area contributed by atoms with Crippen molar-refractivity contribution in [1.82, 2.24) is 20.1 Å². The zero-order valence-electron chi connectivity index (χ0n) is 12.0. The van der Waals surface area contributed by atoms with Gasteiger partial charge in [0.25, 0.3) is 0 Å². The summed E-state index contributed by atoms with van der Waals surface area (Å²) in [5.74, 6) is 0. The highest BCUT2D eigenvalue weighted by Gasteiger charge is 2.06. The Bertz CT molecular complexity index is 676. The van der Waals surface area contributed by atoms with Gasteiger partial charge in [0.15, 0.2) is 0 Å². The van der Waals surface area contributed by atoms with Crippen LogP contribution < -0.4 is 5.32 Å². The first-order valence-corrected chi connectivity index (χ1v) is 7.06. The van der Waals surface area contributed by atoms with Gasteiger partial charge < -0.3 is 5.32 Å². The highest BCUT2D eigenvalue weighted by atomic mass is 15.3. The third-order valence-corrected chi connectivity index (χ3v) is 3.40. The topological polar surface area (TPSA) is 42.7 Å². The van der Waals surface area contributed by atoms with E-state index in [4.69, 9.17) is 0 Å². The maximum atomic E-state index is 4.40. The molecule has 3 aromatic rings. The second-order valence-corrected chi connectivity index (χ2v) is 4.99. The third-order valence-electron chi connectivity index (χ3n) is 3.40. The quantitative estimate of drug-likeness (QED) is 0.779. The number of hydrogen-bond donors (Lipinski definition) is 1. The molecule has 0 saturated heterocycles. The fraction of sp³-hybridized carbons (Fsp3) is 0.176. The summed E-state index contributed by atoms with van der Waals surface area (Å²) in [5.41, 5.74) is 3.27. The summed E-state index contributed by atoms with van der Waals surface area (Å²) in [4.78, 5) is 4.36. The first-order chi connectivity index (χ1) is 10.3. The average molecular weight is 278 g/mol. The molecule has 0 spiro atoms. The molecule has 21 heavy (non-hydrogen) atoms. The van der Waals surface area contributed by atoms with Gasteiger partial charge in [-0.25, -0.2) is 4.68 Å². The van der Waals surface area contributed by atoms with Crippen LogP contribution in [0.1, 0.15) is 24.2 Å². The van der Waals surface area contributed by atoms with Crippen LogP contribution in [0.3, 0.4) is 0 Å². The van der Waals surface area contributed by atoms with Crippen molar-refractivity contribution >= 4 is 0 Å². The molecule has 4 nitrogen and oxygen atoms in total. The lowest BCUT2D eigenvalue weighted by Gasteiger charge is -2.12. The van der Waals surface area contributed by atoms with E-state index in [-0.39, 0.29) is 6.04 Å². The monoisotopic (exact) mass is 278 g/mol. The van der Waals surface area contributed by atoms with E-state index in [0.717, 1.165) is 23.5 Å². The van der Waals surface area contributed by atoms with E-state index in [1.807, 2.05) is 71.8 Å². The molecule has 4 heteroatoms. The Morgan fingerprint density at radius 2 is 1.90 bits per heavy atom. The van der Waals surface area contributed by atoms with Crippen molar-refractivity contribution in [2.45, 2.75) is 19.5 Å². The maximum Gasteiger partial charge on any atom is 0.0645 e. The van der Waals surface area contributed by atoms with Gasteiger partial charge in [0.2, 0.25) is 0 Å². The van der Waals surface area contributed by atoms with E-state index in [1.165, 1.54) is 0 Å². The van der Waals surface area contributed by atoms with Crippen molar-refractivity contribution < 1.29 is 0 Å². The summed E-state index contributed by atoms with van der Waals surface area (Å²) in [6.07, 6.45) is 5.76. The number of para-hydroxylation sites is 1. The predicted molar refractivity (Wildman–Crippen MR) is 83.1 cm³/mol. The molecule has 2 aromatic heterocycles. The lowest BCUT2D eigenvalue weighted by atomic mass is 10.2. The molecule has 0 amide bonds. The van der Waals surface area contributed by atoms with Crippen LogP contribution in [0.5, 0.6) is 0 Å². The van der Waals surface area contributed by atoms with E-state index in [1.54, 1.807) is 0 Å². The lowest BCUT2D eigenvalue weighted by Crippen LogP contribution is -2.18. The molecule has 0 saturated carbocycles. The Hall–Kier alpha value is -2.46. The molecular weight excluding hydrogens is 260 g/mol. The maximum absolute atomic E-state index is 4.40. The van der Waals surface area contributed by atoms with Gasteiger partial charge in [0.1, 0.15) is 0 Å². The van der Waals surface area contributed by atoms with Gasteiger partial charge in [-0.3, -0.25) is 4.98 Å². The van der Waals surface area contributed by atoms with Gasteiger partial charge >= 0.3 is 0 Å². The minimum absolute atomic E-state index is 0.214. The molecule has 0 aliphatic rings. The van der Waals surface area contributed by atoms with Crippen molar-refractivity contribution in [2.24, 2.45) is 0 Å². The predicted octanol–water partition coefficient (Wildman–Crippen LogP) is 3.12. The summed E-state index contributed by atoms with van der Waals surface area (Å²) in [6, 6.07) is 16.3. The molecule has 2 heterocycles. The molecule has 0 radical (unpaired) electrons. The van der Waals surface area contributed by atoms with Crippen LogP contribution >= 0.6 is 0 Å². The van der Waals surface area contributed by atoms with Crippen LogP contribution in [-0.4, -0.2) is 14.8 Å². The molecule has 3 rings (SSSR count). The summed E-state index contributed by atoms with van der Waals surface area (Å²) < 4.78 is 1.89. The number of nitrogens with one attached hydrogen (secondary N) is 1. The fourth-order valence-corrected chi connectivity index (χ4v) is 2.18. The Labute approximate surface area is 124 Å². The molecule has 0 fully saturated rings. The SMILES string of the molecule is C[C@H](NCc1cnn(-c2ccccc2)c1)c1ccccn1. The van der Waals surface area contributed by atoms with Gasteiger partial charge in [-0.15, -0.1) is 0 Å². The molecule has 0 aliphatic carbocycles. The largest absolute Gasteiger partial charge is 0.305 e. The minimum atomic E-state index is 0.214. The Kier molecular flexibility index (Phi) is 4.07. The molecule has 106 valence electrons. The summed E-state index contributed by atoms with van der Waals surface area (Å²) in [7, 11) is 0. The minimum Gasteiger partial charge on any atom is -0.305 e. The number of nitrogens with zero attached hydrogens (tertiary/aromatic N) is 3. The van der Waals surface area contributed by atoms with E-state index in [0.29, 0.717) is 0 Å². The third kappa shape index (κ3) is 3.35. The molecule has 1 atom stereocenters. The van der Waals surface area contributed by atoms with Gasteiger partial charge in [-0.05, 0) is 31.2 Å². The van der Waals surface area contributed by atoms with Crippen molar-refractivity contribution in [3.05, 3.63) is 78.4 Å². The molecule has 0 aliphatic heterocycles. The fourth-order valence-electron chi connectivity index (χ4n) is 2.18. The Balaban J connectivity index is 1.63. The first-order valence-electron chi connectivity index (χ1n) is 7.06. The van der Waals surface area contributed by atoms with Crippen LogP contribution in [0, 0.1) is 0 Å². The smallest absolute Gasteiger partial charge is 0.0645 e. The number of aromatic nitrogens is 3. The van der Waals surface area contributed by atoms with Crippen LogP contribution in [0.15, 0.2) is 67.1 Å². The number of hydrogen-bond acceptors (Lipinski definition) is 3. The zero-order valence-corrected chi connectivity index (χ0v) is 12.0. The number of benzene rings is 1. The zero-order chi connectivity index (χ0) is 14.5. The Morgan fingerprint density at radius 3 is 2.67 bits per heavy atom. The van der Waals surface area contributed by atoms with Crippen LogP contribution in [0.4, 0.5) is 0 Å². The van der Waals surface area contributed by atoms with Gasteiger partial charge in [0.05, 0.1) is 17.6 Å². The standard InChI is InChI=1S/C17H18N4/c1-14(17-9-5-6-10-18-17)19-11-15-12-20-21(13-15)16-7-3-2-4-8-16/h2-10,12-14,19H,11H2,1H3/t14-/m0/s1. The van der Waals surface area contributed by atoms with E-state index < -0.39 is 0 Å². The normalized spacial score (nSPS) is 12.2. The molecule has 0 bridgehead atoms. The number of rotatable bonds is 5. The lowest BCUT2D eigenvalue weighted by molar-refractivity contribution is 0.561. The molecule has 1 N–H and O–H groups in total.